The normalized spacial score (nSPS) is 15.0. The van der Waals surface area contributed by atoms with Crippen molar-refractivity contribution in [2.45, 2.75) is 25.3 Å². The number of hydrogen-bond acceptors (Lipinski definition) is 6. The number of amides is 2. The molecule has 1 aliphatic rings. The molecule has 0 spiro atoms. The van der Waals surface area contributed by atoms with Crippen LogP contribution in [0.4, 0.5) is 5.13 Å². The van der Waals surface area contributed by atoms with Crippen molar-refractivity contribution in [2.75, 3.05) is 11.9 Å². The van der Waals surface area contributed by atoms with Crippen LogP contribution in [0.2, 0.25) is 0 Å². The van der Waals surface area contributed by atoms with E-state index in [2.05, 4.69) is 20.3 Å². The van der Waals surface area contributed by atoms with Crippen molar-refractivity contribution in [3.8, 4) is 0 Å². The summed E-state index contributed by atoms with van der Waals surface area (Å²) in [5.74, 6) is -0.442. The summed E-state index contributed by atoms with van der Waals surface area (Å²) in [6.45, 7) is 2.73. The van der Waals surface area contributed by atoms with Crippen LogP contribution in [0.15, 0.2) is 18.6 Å². The lowest BCUT2D eigenvalue weighted by Crippen LogP contribution is -2.39. The first-order valence-corrected chi connectivity index (χ1v) is 8.28. The second-order valence-electron chi connectivity index (χ2n) is 5.06. The van der Waals surface area contributed by atoms with E-state index < -0.39 is 5.38 Å². The quantitative estimate of drug-likeness (QED) is 0.850. The first-order chi connectivity index (χ1) is 11.0. The predicted octanol–water partition coefficient (Wildman–Crippen LogP) is 1.70. The van der Waals surface area contributed by atoms with Gasteiger partial charge in [0, 0.05) is 30.2 Å². The molecule has 3 rings (SSSR count). The van der Waals surface area contributed by atoms with E-state index >= 15 is 0 Å². The number of halogens is 1. The van der Waals surface area contributed by atoms with Crippen molar-refractivity contribution < 1.29 is 9.59 Å². The molecule has 120 valence electrons. The Kier molecular flexibility index (Phi) is 4.53. The molecule has 9 heteroatoms. The Morgan fingerprint density at radius 1 is 1.43 bits per heavy atom. The van der Waals surface area contributed by atoms with Gasteiger partial charge in [-0.25, -0.2) is 9.97 Å². The van der Waals surface area contributed by atoms with Crippen LogP contribution in [-0.2, 0) is 17.8 Å². The Bertz CT molecular complexity index is 734. The van der Waals surface area contributed by atoms with Crippen molar-refractivity contribution in [2.24, 2.45) is 0 Å². The Balaban J connectivity index is 1.71. The average Bonchev–Trinajstić information content (AvgIpc) is 2.96. The van der Waals surface area contributed by atoms with Crippen LogP contribution < -0.4 is 5.32 Å². The van der Waals surface area contributed by atoms with Crippen LogP contribution in [0.3, 0.4) is 0 Å². The number of carbonyl (C=O) groups excluding carboxylic acids is 2. The lowest BCUT2D eigenvalue weighted by Gasteiger charge is -2.26. The third kappa shape index (κ3) is 3.48. The Morgan fingerprint density at radius 2 is 2.26 bits per heavy atom. The maximum absolute atomic E-state index is 12.1. The second-order valence-corrected chi connectivity index (χ2v) is 6.80. The summed E-state index contributed by atoms with van der Waals surface area (Å²) in [6.07, 6.45) is 5.01. The van der Waals surface area contributed by atoms with Gasteiger partial charge in [0.15, 0.2) is 5.13 Å². The summed E-state index contributed by atoms with van der Waals surface area (Å²) >= 11 is 7.22. The number of rotatable bonds is 3. The highest BCUT2D eigenvalue weighted by Crippen LogP contribution is 2.29. The molecule has 1 N–H and O–H groups in total. The highest BCUT2D eigenvalue weighted by molar-refractivity contribution is 7.15. The van der Waals surface area contributed by atoms with E-state index in [1.165, 1.54) is 29.9 Å². The van der Waals surface area contributed by atoms with Gasteiger partial charge in [0.2, 0.25) is 5.91 Å². The van der Waals surface area contributed by atoms with Crippen molar-refractivity contribution in [3.63, 3.8) is 0 Å². The third-order valence-corrected chi connectivity index (χ3v) is 4.58. The molecule has 3 heterocycles. The van der Waals surface area contributed by atoms with Crippen LogP contribution >= 0.6 is 22.9 Å². The van der Waals surface area contributed by atoms with Crippen molar-refractivity contribution in [1.82, 2.24) is 19.9 Å². The van der Waals surface area contributed by atoms with E-state index in [9.17, 15) is 9.59 Å². The van der Waals surface area contributed by atoms with Crippen LogP contribution in [0.1, 0.15) is 28.0 Å². The van der Waals surface area contributed by atoms with Crippen LogP contribution in [-0.4, -0.2) is 43.6 Å². The average molecular weight is 352 g/mol. The molecule has 0 bridgehead atoms. The molecule has 23 heavy (non-hydrogen) atoms. The number of carbonyl (C=O) groups is 2. The summed E-state index contributed by atoms with van der Waals surface area (Å²) in [6, 6.07) is 0. The summed E-state index contributed by atoms with van der Waals surface area (Å²) < 4.78 is 0. The molecular weight excluding hydrogens is 338 g/mol. The molecule has 0 aromatic carbocycles. The van der Waals surface area contributed by atoms with E-state index in [0.717, 1.165) is 10.6 Å². The summed E-state index contributed by atoms with van der Waals surface area (Å²) in [5, 5.41) is 2.68. The summed E-state index contributed by atoms with van der Waals surface area (Å²) in [4.78, 5) is 38.9. The molecule has 2 aromatic rings. The minimum atomic E-state index is -0.541. The van der Waals surface area contributed by atoms with E-state index in [-0.39, 0.29) is 17.5 Å². The smallest absolute Gasteiger partial charge is 0.277 e. The Labute approximate surface area is 141 Å². The van der Waals surface area contributed by atoms with Crippen molar-refractivity contribution >= 4 is 39.9 Å². The number of fused-ring (bicyclic) bond motifs is 1. The first-order valence-electron chi connectivity index (χ1n) is 7.03. The molecule has 0 saturated heterocycles. The standard InChI is InChI=1S/C14H14ClN5O2S/c1-8(15)13(22)20-5-2-9-11(7-20)23-14(18-9)19-12(21)10-6-16-3-4-17-10/h3-4,6,8H,2,5,7H2,1H3,(H,18,19,21). The molecule has 0 fully saturated rings. The van der Waals surface area contributed by atoms with E-state index in [1.54, 1.807) is 11.8 Å². The number of nitrogens with zero attached hydrogens (tertiary/aromatic N) is 4. The number of thiazole rings is 1. The Hall–Kier alpha value is -2.06. The second kappa shape index (κ2) is 6.59. The molecule has 0 saturated carbocycles. The summed E-state index contributed by atoms with van der Waals surface area (Å²) in [7, 11) is 0. The van der Waals surface area contributed by atoms with Gasteiger partial charge in [0.25, 0.3) is 5.91 Å². The van der Waals surface area contributed by atoms with Gasteiger partial charge in [0.1, 0.15) is 11.1 Å². The van der Waals surface area contributed by atoms with Crippen LogP contribution in [0.25, 0.3) is 0 Å². The highest BCUT2D eigenvalue weighted by Gasteiger charge is 2.26. The van der Waals surface area contributed by atoms with Gasteiger partial charge < -0.3 is 4.90 Å². The minimum Gasteiger partial charge on any atom is -0.336 e. The van der Waals surface area contributed by atoms with Crippen LogP contribution in [0, 0.1) is 0 Å². The van der Waals surface area contributed by atoms with Gasteiger partial charge in [-0.1, -0.05) is 11.3 Å². The molecule has 1 atom stereocenters. The zero-order chi connectivity index (χ0) is 16.4. The fourth-order valence-corrected chi connectivity index (χ4v) is 3.42. The lowest BCUT2D eigenvalue weighted by atomic mass is 10.1. The number of alkyl halides is 1. The number of aromatic nitrogens is 3. The number of nitrogens with one attached hydrogen (secondary N) is 1. The fraction of sp³-hybridized carbons (Fsp3) is 0.357. The number of anilines is 1. The van der Waals surface area contributed by atoms with Crippen LogP contribution in [0.5, 0.6) is 0 Å². The predicted molar refractivity (Wildman–Crippen MR) is 86.5 cm³/mol. The molecular formula is C14H14ClN5O2S. The van der Waals surface area contributed by atoms with Crippen molar-refractivity contribution in [3.05, 3.63) is 34.9 Å². The topological polar surface area (TPSA) is 88.1 Å². The van der Waals surface area contributed by atoms with E-state index in [0.29, 0.717) is 24.6 Å². The molecule has 7 nitrogen and oxygen atoms in total. The van der Waals surface area contributed by atoms with Gasteiger partial charge in [0.05, 0.1) is 18.4 Å². The lowest BCUT2D eigenvalue weighted by molar-refractivity contribution is -0.131. The highest BCUT2D eigenvalue weighted by atomic mass is 35.5. The van der Waals surface area contributed by atoms with E-state index in [4.69, 9.17) is 11.6 Å². The van der Waals surface area contributed by atoms with Gasteiger partial charge in [-0.05, 0) is 6.92 Å². The van der Waals surface area contributed by atoms with Crippen molar-refractivity contribution in [1.29, 1.82) is 0 Å². The monoisotopic (exact) mass is 351 g/mol. The molecule has 2 amide bonds. The zero-order valence-electron chi connectivity index (χ0n) is 12.3. The zero-order valence-corrected chi connectivity index (χ0v) is 13.9. The molecule has 1 unspecified atom stereocenters. The third-order valence-electron chi connectivity index (χ3n) is 3.40. The Morgan fingerprint density at radius 3 is 2.96 bits per heavy atom. The van der Waals surface area contributed by atoms with E-state index in [1.807, 2.05) is 0 Å². The molecule has 0 aliphatic carbocycles. The molecule has 2 aromatic heterocycles. The first kappa shape index (κ1) is 15.8. The van der Waals surface area contributed by atoms with Gasteiger partial charge in [-0.3, -0.25) is 19.9 Å². The largest absolute Gasteiger partial charge is 0.336 e. The van der Waals surface area contributed by atoms with Gasteiger partial charge >= 0.3 is 0 Å². The minimum absolute atomic E-state index is 0.0872. The molecule has 0 radical (unpaired) electrons. The maximum atomic E-state index is 12.1. The summed E-state index contributed by atoms with van der Waals surface area (Å²) in [5.41, 5.74) is 1.14. The number of hydrogen-bond donors (Lipinski definition) is 1. The molecule has 1 aliphatic heterocycles. The fourth-order valence-electron chi connectivity index (χ4n) is 2.27. The van der Waals surface area contributed by atoms with Gasteiger partial charge in [-0.2, -0.15) is 0 Å². The van der Waals surface area contributed by atoms with Gasteiger partial charge in [-0.15, -0.1) is 11.6 Å². The SMILES string of the molecule is CC(Cl)C(=O)N1CCc2nc(NC(=O)c3cnccn3)sc2C1. The maximum Gasteiger partial charge on any atom is 0.277 e.